The molecule has 5 rings (SSSR count). The predicted octanol–water partition coefficient (Wildman–Crippen LogP) is 3.62. The lowest BCUT2D eigenvalue weighted by Crippen LogP contribution is -2.46. The largest absolute Gasteiger partial charge is 0.486 e. The van der Waals surface area contributed by atoms with E-state index in [1.807, 2.05) is 17.9 Å². The molecule has 1 fully saturated rings. The summed E-state index contributed by atoms with van der Waals surface area (Å²) >= 11 is 0. The number of nitrogens with zero attached hydrogens (tertiary/aromatic N) is 3. The molecule has 1 spiro atoms. The molecule has 3 aliphatic rings. The normalized spacial score (nSPS) is 23.6. The first-order chi connectivity index (χ1) is 13.1. The second-order valence-electron chi connectivity index (χ2n) is 8.49. The number of benzene rings is 1. The summed E-state index contributed by atoms with van der Waals surface area (Å²) in [4.78, 5) is 2.68. The predicted molar refractivity (Wildman–Crippen MR) is 104 cm³/mol. The highest BCUT2D eigenvalue weighted by atomic mass is 16.6. The summed E-state index contributed by atoms with van der Waals surface area (Å²) in [5.41, 5.74) is 4.57. The van der Waals surface area contributed by atoms with Crippen LogP contribution in [0.1, 0.15) is 55.3 Å². The molecule has 144 valence electrons. The van der Waals surface area contributed by atoms with E-state index in [4.69, 9.17) is 9.47 Å². The van der Waals surface area contributed by atoms with Gasteiger partial charge in [0.25, 0.3) is 0 Å². The second-order valence-corrected chi connectivity index (χ2v) is 8.49. The third-order valence-corrected chi connectivity index (χ3v) is 6.80. The van der Waals surface area contributed by atoms with Crippen molar-refractivity contribution in [3.63, 3.8) is 0 Å². The molecular formula is C22H29N3O2. The molecule has 1 unspecified atom stereocenters. The van der Waals surface area contributed by atoms with Crippen LogP contribution < -0.4 is 9.47 Å². The summed E-state index contributed by atoms with van der Waals surface area (Å²) in [7, 11) is 1.99. The van der Waals surface area contributed by atoms with E-state index in [0.717, 1.165) is 31.0 Å². The van der Waals surface area contributed by atoms with Crippen LogP contribution in [0.15, 0.2) is 24.5 Å². The Bertz CT molecular complexity index is 838. The van der Waals surface area contributed by atoms with Crippen molar-refractivity contribution in [2.45, 2.75) is 50.5 Å². The SMILES string of the molecule is CC1c2cc3c(cc2C2(CCCC2)CN1CCc1cnn(C)c1)OCCO3. The third-order valence-electron chi connectivity index (χ3n) is 6.80. The molecule has 2 aromatic rings. The van der Waals surface area contributed by atoms with Crippen LogP contribution in [0.4, 0.5) is 0 Å². The zero-order chi connectivity index (χ0) is 18.4. The maximum absolute atomic E-state index is 5.91. The lowest BCUT2D eigenvalue weighted by Gasteiger charge is -2.46. The molecule has 1 aromatic heterocycles. The van der Waals surface area contributed by atoms with Crippen LogP contribution in [0.2, 0.25) is 0 Å². The summed E-state index contributed by atoms with van der Waals surface area (Å²) in [6, 6.07) is 4.98. The molecule has 2 aliphatic heterocycles. The fraction of sp³-hybridized carbons (Fsp3) is 0.591. The minimum Gasteiger partial charge on any atom is -0.486 e. The van der Waals surface area contributed by atoms with Gasteiger partial charge in [0, 0.05) is 37.8 Å². The Balaban J connectivity index is 1.48. The number of aromatic nitrogens is 2. The number of aryl methyl sites for hydroxylation is 1. The molecule has 1 aliphatic carbocycles. The van der Waals surface area contributed by atoms with Crippen molar-refractivity contribution in [1.29, 1.82) is 0 Å². The van der Waals surface area contributed by atoms with Crippen LogP contribution in [0, 0.1) is 0 Å². The van der Waals surface area contributed by atoms with Gasteiger partial charge in [0.1, 0.15) is 13.2 Å². The monoisotopic (exact) mass is 367 g/mol. The van der Waals surface area contributed by atoms with Crippen molar-refractivity contribution in [3.8, 4) is 11.5 Å². The van der Waals surface area contributed by atoms with E-state index in [2.05, 4.69) is 35.3 Å². The first-order valence-corrected chi connectivity index (χ1v) is 10.3. The van der Waals surface area contributed by atoms with E-state index >= 15 is 0 Å². The molecule has 0 bridgehead atoms. The first kappa shape index (κ1) is 17.1. The van der Waals surface area contributed by atoms with Gasteiger partial charge in [-0.1, -0.05) is 12.8 Å². The Labute approximate surface area is 161 Å². The van der Waals surface area contributed by atoms with Gasteiger partial charge < -0.3 is 9.47 Å². The summed E-state index contributed by atoms with van der Waals surface area (Å²) in [5.74, 6) is 1.87. The first-order valence-electron chi connectivity index (χ1n) is 10.3. The Morgan fingerprint density at radius 3 is 2.59 bits per heavy atom. The van der Waals surface area contributed by atoms with Crippen molar-refractivity contribution in [1.82, 2.24) is 14.7 Å². The Kier molecular flexibility index (Phi) is 4.15. The maximum Gasteiger partial charge on any atom is 0.161 e. The molecule has 5 heteroatoms. The summed E-state index contributed by atoms with van der Waals surface area (Å²) < 4.78 is 13.7. The minimum absolute atomic E-state index is 0.284. The number of rotatable bonds is 3. The molecule has 5 nitrogen and oxygen atoms in total. The van der Waals surface area contributed by atoms with Gasteiger partial charge in [-0.25, -0.2) is 0 Å². The van der Waals surface area contributed by atoms with Crippen LogP contribution >= 0.6 is 0 Å². The molecule has 27 heavy (non-hydrogen) atoms. The van der Waals surface area contributed by atoms with Crippen molar-refractivity contribution in [3.05, 3.63) is 41.2 Å². The van der Waals surface area contributed by atoms with Crippen molar-refractivity contribution >= 4 is 0 Å². The molecule has 1 aromatic carbocycles. The molecule has 0 N–H and O–H groups in total. The van der Waals surface area contributed by atoms with Crippen LogP contribution in [0.3, 0.4) is 0 Å². The lowest BCUT2D eigenvalue weighted by molar-refractivity contribution is 0.133. The summed E-state index contributed by atoms with van der Waals surface area (Å²) in [6.07, 6.45) is 10.4. The maximum atomic E-state index is 5.91. The highest BCUT2D eigenvalue weighted by molar-refractivity contribution is 5.53. The topological polar surface area (TPSA) is 39.5 Å². The van der Waals surface area contributed by atoms with Crippen LogP contribution in [0.5, 0.6) is 11.5 Å². The van der Waals surface area contributed by atoms with Crippen molar-refractivity contribution in [2.24, 2.45) is 7.05 Å². The van der Waals surface area contributed by atoms with E-state index < -0.39 is 0 Å². The van der Waals surface area contributed by atoms with Crippen molar-refractivity contribution < 1.29 is 9.47 Å². The summed E-state index contributed by atoms with van der Waals surface area (Å²) in [5, 5.41) is 4.32. The van der Waals surface area contributed by atoms with Gasteiger partial charge >= 0.3 is 0 Å². The van der Waals surface area contributed by atoms with Gasteiger partial charge in [-0.3, -0.25) is 9.58 Å². The van der Waals surface area contributed by atoms with Gasteiger partial charge in [-0.05, 0) is 55.0 Å². The van der Waals surface area contributed by atoms with Gasteiger partial charge in [0.2, 0.25) is 0 Å². The third kappa shape index (κ3) is 2.92. The standard InChI is InChI=1S/C22H29N3O2/c1-16-18-11-20-21(27-10-9-26-20)12-19(18)22(6-3-4-7-22)15-25(16)8-5-17-13-23-24(2)14-17/h11-14,16H,3-10,15H2,1-2H3. The van der Waals surface area contributed by atoms with E-state index in [1.54, 1.807) is 0 Å². The van der Waals surface area contributed by atoms with Gasteiger partial charge in [-0.15, -0.1) is 0 Å². The highest BCUT2D eigenvalue weighted by Crippen LogP contribution is 2.51. The number of ether oxygens (including phenoxy) is 2. The van der Waals surface area contributed by atoms with Crippen LogP contribution in [-0.4, -0.2) is 41.0 Å². The average molecular weight is 367 g/mol. The average Bonchev–Trinajstić information content (AvgIpc) is 3.32. The Hall–Kier alpha value is -2.01. The molecule has 0 radical (unpaired) electrons. The molecule has 0 saturated heterocycles. The van der Waals surface area contributed by atoms with Gasteiger partial charge in [-0.2, -0.15) is 5.10 Å². The highest BCUT2D eigenvalue weighted by Gasteiger charge is 2.44. The minimum atomic E-state index is 0.284. The fourth-order valence-electron chi connectivity index (χ4n) is 5.34. The quantitative estimate of drug-likeness (QED) is 0.831. The molecule has 0 amide bonds. The van der Waals surface area contributed by atoms with E-state index in [1.165, 1.54) is 42.4 Å². The number of fused-ring (bicyclic) bond motifs is 3. The zero-order valence-corrected chi connectivity index (χ0v) is 16.4. The van der Waals surface area contributed by atoms with Crippen LogP contribution in [0.25, 0.3) is 0 Å². The van der Waals surface area contributed by atoms with Crippen molar-refractivity contribution in [2.75, 3.05) is 26.3 Å². The number of hydrogen-bond acceptors (Lipinski definition) is 4. The molecular weight excluding hydrogens is 338 g/mol. The van der Waals surface area contributed by atoms with Gasteiger partial charge in [0.05, 0.1) is 6.20 Å². The summed E-state index contributed by atoms with van der Waals surface area (Å²) in [6.45, 7) is 5.88. The molecule has 1 atom stereocenters. The fourth-order valence-corrected chi connectivity index (χ4v) is 5.34. The van der Waals surface area contributed by atoms with E-state index in [-0.39, 0.29) is 5.41 Å². The zero-order valence-electron chi connectivity index (χ0n) is 16.4. The Morgan fingerprint density at radius 1 is 1.15 bits per heavy atom. The molecule has 1 saturated carbocycles. The number of hydrogen-bond donors (Lipinski definition) is 0. The van der Waals surface area contributed by atoms with E-state index in [9.17, 15) is 0 Å². The molecule has 3 heterocycles. The smallest absolute Gasteiger partial charge is 0.161 e. The van der Waals surface area contributed by atoms with Crippen LogP contribution in [-0.2, 0) is 18.9 Å². The lowest BCUT2D eigenvalue weighted by atomic mass is 9.71. The van der Waals surface area contributed by atoms with Gasteiger partial charge in [0.15, 0.2) is 11.5 Å². The van der Waals surface area contributed by atoms with E-state index in [0.29, 0.717) is 19.3 Å². The second kappa shape index (κ2) is 6.55. The Morgan fingerprint density at radius 2 is 1.89 bits per heavy atom.